The summed E-state index contributed by atoms with van der Waals surface area (Å²) in [6.45, 7) is 0.115. The molecule has 1 aromatic carbocycles. The lowest BCUT2D eigenvalue weighted by atomic mass is 10.2. The van der Waals surface area contributed by atoms with Gasteiger partial charge in [0.1, 0.15) is 12.4 Å². The summed E-state index contributed by atoms with van der Waals surface area (Å²) in [4.78, 5) is 0. The van der Waals surface area contributed by atoms with E-state index in [2.05, 4.69) is 15.9 Å². The summed E-state index contributed by atoms with van der Waals surface area (Å²) in [6, 6.07) is 5.40. The maximum atomic E-state index is 10.9. The molecule has 1 aromatic rings. The van der Waals surface area contributed by atoms with Crippen molar-refractivity contribution in [3.8, 4) is 5.75 Å². The molecule has 1 rings (SSSR count). The molecule has 0 aliphatic heterocycles. The molecule has 6 heteroatoms. The molecule has 0 fully saturated rings. The van der Waals surface area contributed by atoms with E-state index >= 15 is 0 Å². The summed E-state index contributed by atoms with van der Waals surface area (Å²) in [5.74, 6) is 0.504. The van der Waals surface area contributed by atoms with E-state index in [4.69, 9.17) is 16.3 Å². The molecular formula is C10H12BrClO3S. The molecule has 3 nitrogen and oxygen atoms in total. The fourth-order valence-corrected chi connectivity index (χ4v) is 1.95. The summed E-state index contributed by atoms with van der Waals surface area (Å²) in [7, 11) is -3.00. The van der Waals surface area contributed by atoms with Crippen LogP contribution in [-0.2, 0) is 15.2 Å². The van der Waals surface area contributed by atoms with Crippen LogP contribution < -0.4 is 4.74 Å². The molecule has 0 N–H and O–H groups in total. The van der Waals surface area contributed by atoms with Gasteiger partial charge in [-0.2, -0.15) is 0 Å². The standard InChI is InChI=1S/C10H12BrClO3S/c1-16(13,14)5-4-15-10-6-8(7-11)2-3-9(10)12/h2-3,6H,4-5,7H2,1H3. The number of alkyl halides is 1. The molecule has 0 atom stereocenters. The normalized spacial score (nSPS) is 11.4. The van der Waals surface area contributed by atoms with Crippen LogP contribution in [0.5, 0.6) is 5.75 Å². The SMILES string of the molecule is CS(=O)(=O)CCOc1cc(CBr)ccc1Cl. The number of sulfone groups is 1. The largest absolute Gasteiger partial charge is 0.491 e. The number of hydrogen-bond acceptors (Lipinski definition) is 3. The van der Waals surface area contributed by atoms with Crippen LogP contribution in [0.1, 0.15) is 5.56 Å². The van der Waals surface area contributed by atoms with Crippen LogP contribution in [0.15, 0.2) is 18.2 Å². The fraction of sp³-hybridized carbons (Fsp3) is 0.400. The van der Waals surface area contributed by atoms with Crippen molar-refractivity contribution < 1.29 is 13.2 Å². The summed E-state index contributed by atoms with van der Waals surface area (Å²) in [5, 5.41) is 1.19. The second-order valence-corrected chi connectivity index (χ2v) is 6.60. The van der Waals surface area contributed by atoms with E-state index in [1.54, 1.807) is 12.1 Å². The van der Waals surface area contributed by atoms with E-state index in [9.17, 15) is 8.42 Å². The number of rotatable bonds is 5. The van der Waals surface area contributed by atoms with Gasteiger partial charge in [-0.15, -0.1) is 0 Å². The number of halogens is 2. The Morgan fingerprint density at radius 3 is 2.69 bits per heavy atom. The van der Waals surface area contributed by atoms with Crippen molar-refractivity contribution in [1.82, 2.24) is 0 Å². The lowest BCUT2D eigenvalue weighted by molar-refractivity contribution is 0.341. The van der Waals surface area contributed by atoms with Crippen LogP contribution in [-0.4, -0.2) is 27.0 Å². The van der Waals surface area contributed by atoms with Gasteiger partial charge in [-0.05, 0) is 17.7 Å². The van der Waals surface area contributed by atoms with E-state index in [0.717, 1.165) is 5.56 Å². The van der Waals surface area contributed by atoms with Gasteiger partial charge in [-0.1, -0.05) is 33.6 Å². The third-order valence-corrected chi connectivity index (χ3v) is 3.73. The van der Waals surface area contributed by atoms with Gasteiger partial charge in [-0.3, -0.25) is 0 Å². The number of ether oxygens (including phenoxy) is 1. The first-order chi connectivity index (χ1) is 7.42. The first-order valence-electron chi connectivity index (χ1n) is 4.57. The molecule has 0 amide bonds. The maximum Gasteiger partial charge on any atom is 0.150 e. The van der Waals surface area contributed by atoms with Gasteiger partial charge in [0, 0.05) is 11.6 Å². The highest BCUT2D eigenvalue weighted by Gasteiger charge is 2.06. The Morgan fingerprint density at radius 1 is 1.44 bits per heavy atom. The third kappa shape index (κ3) is 4.72. The molecule has 0 aliphatic carbocycles. The Morgan fingerprint density at radius 2 is 2.12 bits per heavy atom. The van der Waals surface area contributed by atoms with Crippen LogP contribution in [0.2, 0.25) is 5.02 Å². The number of hydrogen-bond donors (Lipinski definition) is 0. The Labute approximate surface area is 109 Å². The minimum absolute atomic E-state index is 0.0120. The highest BCUT2D eigenvalue weighted by molar-refractivity contribution is 9.08. The lowest BCUT2D eigenvalue weighted by Crippen LogP contribution is -2.12. The minimum Gasteiger partial charge on any atom is -0.491 e. The van der Waals surface area contributed by atoms with Gasteiger partial charge in [-0.25, -0.2) is 8.42 Å². The fourth-order valence-electron chi connectivity index (χ4n) is 1.04. The summed E-state index contributed by atoms with van der Waals surface area (Å²) in [6.07, 6.45) is 1.17. The van der Waals surface area contributed by atoms with Crippen molar-refractivity contribution in [2.75, 3.05) is 18.6 Å². The maximum absolute atomic E-state index is 10.9. The predicted molar refractivity (Wildman–Crippen MR) is 69.3 cm³/mol. The van der Waals surface area contributed by atoms with Gasteiger partial charge in [0.15, 0.2) is 9.84 Å². The predicted octanol–water partition coefficient (Wildman–Crippen LogP) is 2.66. The van der Waals surface area contributed by atoms with Gasteiger partial charge >= 0.3 is 0 Å². The first kappa shape index (κ1) is 13.8. The van der Waals surface area contributed by atoms with Crippen molar-refractivity contribution in [3.63, 3.8) is 0 Å². The van der Waals surface area contributed by atoms with E-state index in [-0.39, 0.29) is 12.4 Å². The summed E-state index contributed by atoms with van der Waals surface area (Å²) in [5.41, 5.74) is 1.03. The zero-order chi connectivity index (χ0) is 12.2. The first-order valence-corrected chi connectivity index (χ1v) is 8.13. The molecule has 0 heterocycles. The summed E-state index contributed by atoms with van der Waals surface area (Å²) < 4.78 is 27.1. The molecule has 90 valence electrons. The van der Waals surface area contributed by atoms with Crippen molar-refractivity contribution in [2.24, 2.45) is 0 Å². The molecule has 0 aromatic heterocycles. The molecule has 16 heavy (non-hydrogen) atoms. The van der Waals surface area contributed by atoms with Crippen molar-refractivity contribution >= 4 is 37.4 Å². The van der Waals surface area contributed by atoms with E-state index in [1.807, 2.05) is 6.07 Å². The zero-order valence-corrected chi connectivity index (χ0v) is 11.9. The van der Waals surface area contributed by atoms with Crippen LogP contribution in [0, 0.1) is 0 Å². The Hall–Kier alpha value is -0.260. The van der Waals surface area contributed by atoms with Crippen LogP contribution >= 0.6 is 27.5 Å². The monoisotopic (exact) mass is 326 g/mol. The molecule has 0 radical (unpaired) electrons. The molecular weight excluding hydrogens is 316 g/mol. The topological polar surface area (TPSA) is 43.4 Å². The second kappa shape index (κ2) is 5.89. The quantitative estimate of drug-likeness (QED) is 0.781. The molecule has 0 spiro atoms. The van der Waals surface area contributed by atoms with Crippen molar-refractivity contribution in [2.45, 2.75) is 5.33 Å². The molecule has 0 bridgehead atoms. The Kier molecular flexibility index (Phi) is 5.08. The smallest absolute Gasteiger partial charge is 0.150 e. The van der Waals surface area contributed by atoms with Gasteiger partial charge in [0.05, 0.1) is 10.8 Å². The highest BCUT2D eigenvalue weighted by atomic mass is 79.9. The Bertz CT molecular complexity index is 459. The van der Waals surface area contributed by atoms with Gasteiger partial charge < -0.3 is 4.74 Å². The molecule has 0 aliphatic rings. The van der Waals surface area contributed by atoms with E-state index in [0.29, 0.717) is 16.1 Å². The third-order valence-electron chi connectivity index (χ3n) is 1.86. The average Bonchev–Trinajstić information content (AvgIpc) is 2.19. The molecule has 0 saturated heterocycles. The number of benzene rings is 1. The van der Waals surface area contributed by atoms with Gasteiger partial charge in [0.25, 0.3) is 0 Å². The second-order valence-electron chi connectivity index (χ2n) is 3.38. The van der Waals surface area contributed by atoms with Gasteiger partial charge in [0.2, 0.25) is 0 Å². The van der Waals surface area contributed by atoms with E-state index < -0.39 is 9.84 Å². The van der Waals surface area contributed by atoms with Crippen LogP contribution in [0.3, 0.4) is 0 Å². The van der Waals surface area contributed by atoms with Crippen LogP contribution in [0.4, 0.5) is 0 Å². The molecule has 0 unspecified atom stereocenters. The Balaban J connectivity index is 2.66. The summed E-state index contributed by atoms with van der Waals surface area (Å²) >= 11 is 9.24. The average molecular weight is 328 g/mol. The van der Waals surface area contributed by atoms with Crippen molar-refractivity contribution in [1.29, 1.82) is 0 Å². The van der Waals surface area contributed by atoms with Crippen LogP contribution in [0.25, 0.3) is 0 Å². The highest BCUT2D eigenvalue weighted by Crippen LogP contribution is 2.26. The minimum atomic E-state index is -3.00. The lowest BCUT2D eigenvalue weighted by Gasteiger charge is -2.08. The zero-order valence-electron chi connectivity index (χ0n) is 8.74. The van der Waals surface area contributed by atoms with Crippen molar-refractivity contribution in [3.05, 3.63) is 28.8 Å². The van der Waals surface area contributed by atoms with E-state index in [1.165, 1.54) is 6.26 Å². The molecule has 0 saturated carbocycles.